The number of fused-ring (bicyclic) bond motifs is 1. The van der Waals surface area contributed by atoms with Gasteiger partial charge in [-0.25, -0.2) is 14.4 Å². The predicted octanol–water partition coefficient (Wildman–Crippen LogP) is 4.64. The molecule has 37 heavy (non-hydrogen) atoms. The Labute approximate surface area is 220 Å². The van der Waals surface area contributed by atoms with Crippen LogP contribution < -0.4 is 4.90 Å². The summed E-state index contributed by atoms with van der Waals surface area (Å²) in [6.07, 6.45) is 5.65. The van der Waals surface area contributed by atoms with Crippen molar-refractivity contribution in [3.05, 3.63) is 59.0 Å². The Morgan fingerprint density at radius 2 is 1.78 bits per heavy atom. The van der Waals surface area contributed by atoms with Gasteiger partial charge in [0, 0.05) is 50.2 Å². The lowest BCUT2D eigenvalue weighted by Crippen LogP contribution is -2.46. The van der Waals surface area contributed by atoms with E-state index in [0.717, 1.165) is 80.3 Å². The largest absolute Gasteiger partial charge is 0.367 e. The van der Waals surface area contributed by atoms with Gasteiger partial charge in [0.2, 0.25) is 0 Å². The highest BCUT2D eigenvalue weighted by Gasteiger charge is 2.27. The molecule has 9 heteroatoms. The Balaban J connectivity index is 1.28. The molecule has 2 aromatic carbocycles. The van der Waals surface area contributed by atoms with Gasteiger partial charge < -0.3 is 14.7 Å². The molecule has 0 aliphatic carbocycles. The molecule has 190 valence electrons. The van der Waals surface area contributed by atoms with Crippen LogP contribution in [0, 0.1) is 5.82 Å². The molecule has 2 saturated heterocycles. The highest BCUT2D eigenvalue weighted by Crippen LogP contribution is 2.34. The Kier molecular flexibility index (Phi) is 6.65. The average molecular weight is 517 g/mol. The lowest BCUT2D eigenvalue weighted by Gasteiger charge is -2.35. The maximum atomic E-state index is 15.3. The number of piperazine rings is 1. The lowest BCUT2D eigenvalue weighted by molar-refractivity contribution is -0.113. The van der Waals surface area contributed by atoms with Crippen molar-refractivity contribution >= 4 is 45.5 Å². The summed E-state index contributed by atoms with van der Waals surface area (Å²) in [5.41, 5.74) is 3.64. The van der Waals surface area contributed by atoms with Gasteiger partial charge in [0.25, 0.3) is 5.91 Å². The number of halogens is 1. The molecular formula is C28H29FN6OS. The van der Waals surface area contributed by atoms with Crippen molar-refractivity contribution in [2.24, 2.45) is 4.99 Å². The number of hydrogen-bond donors (Lipinski definition) is 0. The van der Waals surface area contributed by atoms with E-state index in [-0.39, 0.29) is 11.7 Å². The highest BCUT2D eigenvalue weighted by atomic mass is 32.2. The Morgan fingerprint density at radius 3 is 2.54 bits per heavy atom. The van der Waals surface area contributed by atoms with Gasteiger partial charge in [0.05, 0.1) is 21.8 Å². The zero-order valence-corrected chi connectivity index (χ0v) is 21.7. The van der Waals surface area contributed by atoms with Gasteiger partial charge >= 0.3 is 0 Å². The van der Waals surface area contributed by atoms with E-state index < -0.39 is 0 Å². The number of amidine groups is 1. The fourth-order valence-electron chi connectivity index (χ4n) is 5.20. The quantitative estimate of drug-likeness (QED) is 0.468. The topological polar surface area (TPSA) is 64.9 Å². The number of carbonyl (C=O) groups excluding carboxylic acids is 1. The van der Waals surface area contributed by atoms with E-state index in [1.54, 1.807) is 6.07 Å². The molecule has 0 radical (unpaired) electrons. The maximum Gasteiger partial charge on any atom is 0.286 e. The number of aromatic nitrogens is 2. The number of amides is 1. The van der Waals surface area contributed by atoms with Crippen LogP contribution in [0.2, 0.25) is 0 Å². The molecule has 2 fully saturated rings. The molecule has 0 bridgehead atoms. The fourth-order valence-corrected chi connectivity index (χ4v) is 6.17. The van der Waals surface area contributed by atoms with E-state index in [9.17, 15) is 4.79 Å². The highest BCUT2D eigenvalue weighted by molar-refractivity contribution is 8.18. The molecule has 3 aliphatic rings. The van der Waals surface area contributed by atoms with Gasteiger partial charge in [-0.05, 0) is 67.1 Å². The molecule has 4 heterocycles. The van der Waals surface area contributed by atoms with Crippen LogP contribution in [-0.4, -0.2) is 76.7 Å². The van der Waals surface area contributed by atoms with Gasteiger partial charge in [-0.15, -0.1) is 0 Å². The average Bonchev–Trinajstić information content (AvgIpc) is 3.59. The van der Waals surface area contributed by atoms with Gasteiger partial charge in [-0.2, -0.15) is 4.99 Å². The SMILES string of the molecule is CCN1CCN(c2ccc(-c3ncnc4ccc(/C=C5\SC(N6CCCC6)=NC5=O)cc34)cc2F)CC1. The summed E-state index contributed by atoms with van der Waals surface area (Å²) < 4.78 is 15.3. The zero-order chi connectivity index (χ0) is 25.4. The summed E-state index contributed by atoms with van der Waals surface area (Å²) in [7, 11) is 0. The van der Waals surface area contributed by atoms with Crippen LogP contribution in [0.4, 0.5) is 10.1 Å². The number of benzene rings is 2. The van der Waals surface area contributed by atoms with Gasteiger partial charge in [0.15, 0.2) is 5.17 Å². The molecule has 1 aromatic heterocycles. The van der Waals surface area contributed by atoms with Gasteiger partial charge in [-0.3, -0.25) is 4.79 Å². The second-order valence-electron chi connectivity index (χ2n) is 9.59. The van der Waals surface area contributed by atoms with Crippen LogP contribution in [-0.2, 0) is 4.79 Å². The van der Waals surface area contributed by atoms with Crippen molar-refractivity contribution < 1.29 is 9.18 Å². The second kappa shape index (κ2) is 10.2. The number of thioether (sulfide) groups is 1. The number of nitrogens with zero attached hydrogens (tertiary/aromatic N) is 6. The molecule has 6 rings (SSSR count). The molecular weight excluding hydrogens is 487 g/mol. The molecule has 0 unspecified atom stereocenters. The standard InChI is InChI=1S/C28H29FN6OS/c1-2-33-11-13-34(14-12-33)24-8-6-20(17-22(24)29)26-21-15-19(5-7-23(21)30-18-31-26)16-25-27(36)32-28(37-25)35-9-3-4-10-35/h5-8,15-18H,2-4,9-14H2,1H3/b25-16-. The predicted molar refractivity (Wildman–Crippen MR) is 148 cm³/mol. The van der Waals surface area contributed by atoms with Crippen LogP contribution in [0.1, 0.15) is 25.3 Å². The Morgan fingerprint density at radius 1 is 0.973 bits per heavy atom. The van der Waals surface area contributed by atoms with Crippen LogP contribution in [0.15, 0.2) is 52.6 Å². The third-order valence-electron chi connectivity index (χ3n) is 7.32. The van der Waals surface area contributed by atoms with Crippen molar-refractivity contribution in [1.82, 2.24) is 19.8 Å². The van der Waals surface area contributed by atoms with Gasteiger partial charge in [0.1, 0.15) is 12.1 Å². The van der Waals surface area contributed by atoms with Crippen LogP contribution >= 0.6 is 11.8 Å². The molecule has 3 aromatic rings. The number of anilines is 1. The van der Waals surface area contributed by atoms with Crippen LogP contribution in [0.3, 0.4) is 0 Å². The van der Waals surface area contributed by atoms with Crippen molar-refractivity contribution in [2.75, 3.05) is 50.7 Å². The maximum absolute atomic E-state index is 15.3. The van der Waals surface area contributed by atoms with Crippen molar-refractivity contribution in [3.63, 3.8) is 0 Å². The van der Waals surface area contributed by atoms with E-state index in [2.05, 4.69) is 36.6 Å². The third-order valence-corrected chi connectivity index (χ3v) is 8.37. The van der Waals surface area contributed by atoms with E-state index >= 15 is 4.39 Å². The third kappa shape index (κ3) is 4.85. The summed E-state index contributed by atoms with van der Waals surface area (Å²) in [5, 5.41) is 1.61. The van der Waals surface area contributed by atoms with E-state index in [1.165, 1.54) is 18.1 Å². The van der Waals surface area contributed by atoms with Crippen LogP contribution in [0.5, 0.6) is 0 Å². The zero-order valence-electron chi connectivity index (χ0n) is 20.9. The molecule has 0 saturated carbocycles. The van der Waals surface area contributed by atoms with Crippen molar-refractivity contribution in [2.45, 2.75) is 19.8 Å². The second-order valence-corrected chi connectivity index (χ2v) is 10.6. The van der Waals surface area contributed by atoms with E-state index in [1.807, 2.05) is 36.4 Å². The molecule has 3 aliphatic heterocycles. The first kappa shape index (κ1) is 24.1. The minimum atomic E-state index is -0.243. The first-order valence-electron chi connectivity index (χ1n) is 12.9. The monoisotopic (exact) mass is 516 g/mol. The number of aliphatic imine (C=N–C) groups is 1. The first-order valence-corrected chi connectivity index (χ1v) is 13.7. The van der Waals surface area contributed by atoms with E-state index in [4.69, 9.17) is 0 Å². The fraction of sp³-hybridized carbons (Fsp3) is 0.357. The molecule has 0 atom stereocenters. The minimum Gasteiger partial charge on any atom is -0.367 e. The summed E-state index contributed by atoms with van der Waals surface area (Å²) in [6.45, 7) is 8.60. The summed E-state index contributed by atoms with van der Waals surface area (Å²) >= 11 is 1.43. The molecule has 0 spiro atoms. The number of rotatable bonds is 4. The number of likely N-dealkylation sites (tertiary alicyclic amines) is 1. The Hall–Kier alpha value is -3.30. The van der Waals surface area contributed by atoms with Crippen molar-refractivity contribution in [1.29, 1.82) is 0 Å². The molecule has 1 amide bonds. The van der Waals surface area contributed by atoms with Crippen molar-refractivity contribution in [3.8, 4) is 11.3 Å². The normalized spacial score (nSPS) is 19.9. The summed E-state index contributed by atoms with van der Waals surface area (Å²) in [6, 6.07) is 11.2. The lowest BCUT2D eigenvalue weighted by atomic mass is 10.0. The van der Waals surface area contributed by atoms with Crippen LogP contribution in [0.25, 0.3) is 28.2 Å². The molecule has 0 N–H and O–H groups in total. The number of hydrogen-bond acceptors (Lipinski definition) is 7. The summed E-state index contributed by atoms with van der Waals surface area (Å²) in [5.74, 6) is -0.444. The summed E-state index contributed by atoms with van der Waals surface area (Å²) in [4.78, 5) is 33.0. The number of carbonyl (C=O) groups is 1. The van der Waals surface area contributed by atoms with E-state index in [0.29, 0.717) is 21.8 Å². The van der Waals surface area contributed by atoms with Gasteiger partial charge in [-0.1, -0.05) is 19.1 Å². The minimum absolute atomic E-state index is 0.200. The molecule has 7 nitrogen and oxygen atoms in total. The Bertz CT molecular complexity index is 1410. The first-order chi connectivity index (χ1) is 18.1. The smallest absolute Gasteiger partial charge is 0.286 e. The number of likely N-dealkylation sites (N-methyl/N-ethyl adjacent to an activating group) is 1.